The average molecular weight is 155 g/mol. The van der Waals surface area contributed by atoms with E-state index in [9.17, 15) is 0 Å². The van der Waals surface area contributed by atoms with Gasteiger partial charge in [0, 0.05) is 5.54 Å². The predicted molar refractivity (Wildman–Crippen MR) is 51.5 cm³/mol. The number of rotatable bonds is 5. The van der Waals surface area contributed by atoms with E-state index >= 15 is 0 Å². The molecule has 0 aliphatic heterocycles. The van der Waals surface area contributed by atoms with Crippen molar-refractivity contribution in [2.24, 2.45) is 5.73 Å². The third-order valence-corrected chi connectivity index (χ3v) is 1.68. The molecule has 0 rings (SSSR count). The lowest BCUT2D eigenvalue weighted by molar-refractivity contribution is 0.451. The fraction of sp³-hybridized carbons (Fsp3) is 0.800. The van der Waals surface area contributed by atoms with Crippen molar-refractivity contribution in [2.45, 2.75) is 52.0 Å². The molecule has 0 aromatic heterocycles. The molecule has 66 valence electrons. The van der Waals surface area contributed by atoms with Crippen LogP contribution in [0.15, 0.2) is 12.2 Å². The summed E-state index contributed by atoms with van der Waals surface area (Å²) in [6.45, 7) is 6.23. The maximum absolute atomic E-state index is 5.83. The summed E-state index contributed by atoms with van der Waals surface area (Å²) in [6.07, 6.45) is 9.16. The second-order valence-corrected chi connectivity index (χ2v) is 3.80. The standard InChI is InChI=1S/C10H21N/c1-4-5-6-7-8-9-10(2,3)11/h4-5H,6-9,11H2,1-3H3/b5-4+. The SMILES string of the molecule is C/C=C/CCCCC(C)(C)N. The van der Waals surface area contributed by atoms with Gasteiger partial charge in [0.15, 0.2) is 0 Å². The van der Waals surface area contributed by atoms with E-state index in [1.54, 1.807) is 0 Å². The van der Waals surface area contributed by atoms with Crippen molar-refractivity contribution in [2.75, 3.05) is 0 Å². The molecule has 2 N–H and O–H groups in total. The molecule has 0 bridgehead atoms. The molecule has 0 atom stereocenters. The minimum absolute atomic E-state index is 0.0237. The molecule has 0 aromatic rings. The molecule has 1 nitrogen and oxygen atoms in total. The summed E-state index contributed by atoms with van der Waals surface area (Å²) in [5, 5.41) is 0. The van der Waals surface area contributed by atoms with Crippen molar-refractivity contribution in [3.8, 4) is 0 Å². The van der Waals surface area contributed by atoms with Crippen LogP contribution in [-0.4, -0.2) is 5.54 Å². The lowest BCUT2D eigenvalue weighted by Crippen LogP contribution is -2.31. The van der Waals surface area contributed by atoms with Crippen molar-refractivity contribution < 1.29 is 0 Å². The van der Waals surface area contributed by atoms with E-state index in [0.717, 1.165) is 6.42 Å². The van der Waals surface area contributed by atoms with Crippen molar-refractivity contribution in [1.29, 1.82) is 0 Å². The van der Waals surface area contributed by atoms with E-state index in [4.69, 9.17) is 5.73 Å². The van der Waals surface area contributed by atoms with E-state index in [-0.39, 0.29) is 5.54 Å². The number of nitrogens with two attached hydrogens (primary N) is 1. The number of unbranched alkanes of at least 4 members (excludes halogenated alkanes) is 2. The molecule has 0 heterocycles. The first-order valence-electron chi connectivity index (χ1n) is 4.46. The molecular weight excluding hydrogens is 134 g/mol. The Bertz CT molecular complexity index is 109. The van der Waals surface area contributed by atoms with E-state index in [2.05, 4.69) is 32.9 Å². The zero-order valence-electron chi connectivity index (χ0n) is 8.06. The molecule has 11 heavy (non-hydrogen) atoms. The van der Waals surface area contributed by atoms with Crippen LogP contribution in [0.25, 0.3) is 0 Å². The van der Waals surface area contributed by atoms with Gasteiger partial charge in [-0.2, -0.15) is 0 Å². The van der Waals surface area contributed by atoms with Crippen LogP contribution in [0, 0.1) is 0 Å². The zero-order chi connectivity index (χ0) is 8.74. The van der Waals surface area contributed by atoms with Gasteiger partial charge in [-0.1, -0.05) is 18.6 Å². The fourth-order valence-corrected chi connectivity index (χ4v) is 1.01. The van der Waals surface area contributed by atoms with Gasteiger partial charge in [-0.3, -0.25) is 0 Å². The largest absolute Gasteiger partial charge is 0.326 e. The molecule has 0 aliphatic rings. The van der Waals surface area contributed by atoms with E-state index in [1.807, 2.05) is 0 Å². The van der Waals surface area contributed by atoms with Gasteiger partial charge >= 0.3 is 0 Å². The van der Waals surface area contributed by atoms with Crippen molar-refractivity contribution in [3.63, 3.8) is 0 Å². The Hall–Kier alpha value is -0.300. The van der Waals surface area contributed by atoms with Crippen LogP contribution in [0.2, 0.25) is 0 Å². The lowest BCUT2D eigenvalue weighted by Gasteiger charge is -2.17. The summed E-state index contributed by atoms with van der Waals surface area (Å²) < 4.78 is 0. The van der Waals surface area contributed by atoms with E-state index in [0.29, 0.717) is 0 Å². The number of allylic oxidation sites excluding steroid dienone is 2. The Kier molecular flexibility index (Phi) is 5.22. The minimum Gasteiger partial charge on any atom is -0.326 e. The van der Waals surface area contributed by atoms with Crippen molar-refractivity contribution >= 4 is 0 Å². The second kappa shape index (κ2) is 5.36. The molecule has 0 aliphatic carbocycles. The van der Waals surface area contributed by atoms with Crippen LogP contribution >= 0.6 is 0 Å². The van der Waals surface area contributed by atoms with Crippen LogP contribution in [0.5, 0.6) is 0 Å². The van der Waals surface area contributed by atoms with Gasteiger partial charge in [0.05, 0.1) is 0 Å². The van der Waals surface area contributed by atoms with Crippen LogP contribution < -0.4 is 5.73 Å². The Morgan fingerprint density at radius 2 is 1.91 bits per heavy atom. The average Bonchev–Trinajstić information content (AvgIpc) is 1.85. The molecular formula is C10H21N. The van der Waals surface area contributed by atoms with Gasteiger partial charge in [0.25, 0.3) is 0 Å². The van der Waals surface area contributed by atoms with Gasteiger partial charge < -0.3 is 5.73 Å². The number of hydrogen-bond donors (Lipinski definition) is 1. The van der Waals surface area contributed by atoms with Crippen molar-refractivity contribution in [3.05, 3.63) is 12.2 Å². The monoisotopic (exact) mass is 155 g/mol. The molecule has 0 unspecified atom stereocenters. The quantitative estimate of drug-likeness (QED) is 0.479. The van der Waals surface area contributed by atoms with E-state index in [1.165, 1.54) is 19.3 Å². The minimum atomic E-state index is 0.0237. The summed E-state index contributed by atoms with van der Waals surface area (Å²) in [4.78, 5) is 0. The van der Waals surface area contributed by atoms with Gasteiger partial charge in [0.2, 0.25) is 0 Å². The molecule has 0 fully saturated rings. The smallest absolute Gasteiger partial charge is 0.00970 e. The van der Waals surface area contributed by atoms with Gasteiger partial charge in [-0.05, 0) is 40.0 Å². The van der Waals surface area contributed by atoms with E-state index < -0.39 is 0 Å². The summed E-state index contributed by atoms with van der Waals surface area (Å²) in [7, 11) is 0. The highest BCUT2D eigenvalue weighted by Gasteiger charge is 2.08. The molecule has 1 heteroatoms. The first-order chi connectivity index (χ1) is 5.06. The zero-order valence-corrected chi connectivity index (χ0v) is 8.06. The molecule has 0 saturated carbocycles. The van der Waals surface area contributed by atoms with Crippen LogP contribution in [-0.2, 0) is 0 Å². The topological polar surface area (TPSA) is 26.0 Å². The first kappa shape index (κ1) is 10.7. The maximum atomic E-state index is 5.83. The fourth-order valence-electron chi connectivity index (χ4n) is 1.01. The molecule has 0 amide bonds. The predicted octanol–water partition coefficient (Wildman–Crippen LogP) is 2.86. The van der Waals surface area contributed by atoms with Gasteiger partial charge in [-0.25, -0.2) is 0 Å². The Morgan fingerprint density at radius 3 is 2.36 bits per heavy atom. The Balaban J connectivity index is 3.15. The van der Waals surface area contributed by atoms with Crippen LogP contribution in [0.1, 0.15) is 46.5 Å². The highest BCUT2D eigenvalue weighted by Crippen LogP contribution is 2.10. The Labute approximate surface area is 70.7 Å². The normalized spacial score (nSPS) is 12.7. The summed E-state index contributed by atoms with van der Waals surface area (Å²) in [5.74, 6) is 0. The maximum Gasteiger partial charge on any atom is 0.00970 e. The van der Waals surface area contributed by atoms with Crippen molar-refractivity contribution in [1.82, 2.24) is 0 Å². The second-order valence-electron chi connectivity index (χ2n) is 3.80. The van der Waals surface area contributed by atoms with Gasteiger partial charge in [-0.15, -0.1) is 0 Å². The van der Waals surface area contributed by atoms with Crippen LogP contribution in [0.3, 0.4) is 0 Å². The summed E-state index contributed by atoms with van der Waals surface area (Å²) in [6, 6.07) is 0. The Morgan fingerprint density at radius 1 is 1.27 bits per heavy atom. The summed E-state index contributed by atoms with van der Waals surface area (Å²) in [5.41, 5.74) is 5.86. The highest BCUT2D eigenvalue weighted by atomic mass is 14.7. The number of hydrogen-bond acceptors (Lipinski definition) is 1. The van der Waals surface area contributed by atoms with Crippen LogP contribution in [0.4, 0.5) is 0 Å². The molecule has 0 aromatic carbocycles. The molecule has 0 saturated heterocycles. The summed E-state index contributed by atoms with van der Waals surface area (Å²) >= 11 is 0. The molecule has 0 spiro atoms. The molecule has 0 radical (unpaired) electrons. The third-order valence-electron chi connectivity index (χ3n) is 1.68. The van der Waals surface area contributed by atoms with Gasteiger partial charge in [0.1, 0.15) is 0 Å². The third kappa shape index (κ3) is 9.70. The highest BCUT2D eigenvalue weighted by molar-refractivity contribution is 4.77. The first-order valence-corrected chi connectivity index (χ1v) is 4.46. The lowest BCUT2D eigenvalue weighted by atomic mass is 9.98.